The van der Waals surface area contributed by atoms with Crippen LogP contribution in [0.4, 0.5) is 0 Å². The van der Waals surface area contributed by atoms with Crippen molar-refractivity contribution in [3.05, 3.63) is 34.9 Å². The van der Waals surface area contributed by atoms with E-state index in [-0.39, 0.29) is 17.9 Å². The van der Waals surface area contributed by atoms with Crippen molar-refractivity contribution in [3.8, 4) is 0 Å². The summed E-state index contributed by atoms with van der Waals surface area (Å²) in [5.41, 5.74) is 4.85. The number of rotatable bonds is 1. The van der Waals surface area contributed by atoms with Crippen LogP contribution in [0.5, 0.6) is 0 Å². The Morgan fingerprint density at radius 1 is 1.47 bits per heavy atom. The van der Waals surface area contributed by atoms with Gasteiger partial charge in [-0.1, -0.05) is 36.2 Å². The number of carbonyl (C=O) groups excluding carboxylic acids is 1. The molecule has 15 heavy (non-hydrogen) atoms. The predicted molar refractivity (Wildman–Crippen MR) is 60.8 cm³/mol. The summed E-state index contributed by atoms with van der Waals surface area (Å²) in [7, 11) is 0. The Morgan fingerprint density at radius 2 is 2.20 bits per heavy atom. The molecule has 1 aliphatic rings. The minimum Gasteiger partial charge on any atom is -0.315 e. The fourth-order valence-electron chi connectivity index (χ4n) is 1.71. The van der Waals surface area contributed by atoms with Crippen molar-refractivity contribution < 1.29 is 10.3 Å². The molecule has 0 bridgehead atoms. The van der Waals surface area contributed by atoms with Gasteiger partial charge in [0.25, 0.3) is 0 Å². The van der Waals surface area contributed by atoms with Crippen LogP contribution in [0.25, 0.3) is 0 Å². The molecule has 3 heteroatoms. The fourth-order valence-corrected chi connectivity index (χ4v) is 2.01. The van der Waals surface area contributed by atoms with E-state index in [1.54, 1.807) is 24.3 Å². The number of Topliss-reactive ketones (excluding diaryl/α,β-unsaturated/α-hetero) is 1. The van der Waals surface area contributed by atoms with Crippen molar-refractivity contribution in [1.29, 1.82) is 0 Å². The van der Waals surface area contributed by atoms with E-state index in [4.69, 9.17) is 22.8 Å². The van der Waals surface area contributed by atoms with Gasteiger partial charge in [-0.3, -0.25) is 4.79 Å². The van der Waals surface area contributed by atoms with Crippen molar-refractivity contribution in [2.45, 2.75) is 31.1 Å². The Kier molecular flexibility index (Phi) is 1.76. The highest BCUT2D eigenvalue weighted by Crippen LogP contribution is 2.35. The molecule has 0 radical (unpaired) electrons. The zero-order valence-electron chi connectivity index (χ0n) is 12.1. The summed E-state index contributed by atoms with van der Waals surface area (Å²) in [6.45, 7) is 0. The van der Waals surface area contributed by atoms with Gasteiger partial charge in [-0.25, -0.2) is 0 Å². The Labute approximate surface area is 100 Å². The van der Waals surface area contributed by atoms with Gasteiger partial charge in [0.05, 0.1) is 0 Å². The first-order chi connectivity index (χ1) is 8.63. The maximum Gasteiger partial charge on any atom is 0.157 e. The number of benzene rings is 1. The monoisotopic (exact) mass is 227 g/mol. The predicted octanol–water partition coefficient (Wildman–Crippen LogP) is 2.64. The molecule has 0 aromatic heterocycles. The number of ketones is 1. The van der Waals surface area contributed by atoms with Gasteiger partial charge in [0.1, 0.15) is 5.54 Å². The van der Waals surface area contributed by atoms with Crippen LogP contribution < -0.4 is 5.73 Å². The second kappa shape index (κ2) is 3.95. The van der Waals surface area contributed by atoms with Gasteiger partial charge in [0.15, 0.2) is 5.78 Å². The number of halogens is 1. The minimum absolute atomic E-state index is 0.0298. The van der Waals surface area contributed by atoms with E-state index >= 15 is 0 Å². The molecule has 1 fully saturated rings. The van der Waals surface area contributed by atoms with Crippen LogP contribution in [0.15, 0.2) is 24.3 Å². The lowest BCUT2D eigenvalue weighted by molar-refractivity contribution is -0.126. The second-order valence-electron chi connectivity index (χ2n) is 3.58. The molecule has 2 N–H and O–H groups in total. The molecule has 1 atom stereocenters. The molecule has 0 aliphatic heterocycles. The van der Waals surface area contributed by atoms with Crippen LogP contribution in [0.2, 0.25) is 5.02 Å². The highest BCUT2D eigenvalue weighted by atomic mass is 35.5. The van der Waals surface area contributed by atoms with Crippen molar-refractivity contribution in [3.63, 3.8) is 0 Å². The van der Waals surface area contributed by atoms with Crippen molar-refractivity contribution in [1.82, 2.24) is 0 Å². The van der Waals surface area contributed by atoms with Gasteiger partial charge >= 0.3 is 0 Å². The zero-order valence-corrected chi connectivity index (χ0v) is 8.84. The van der Waals surface area contributed by atoms with Crippen molar-refractivity contribution >= 4 is 17.4 Å². The summed E-state index contributed by atoms with van der Waals surface area (Å²) in [5.74, 6) is -0.954. The summed E-state index contributed by atoms with van der Waals surface area (Å²) in [6, 6.07) is 6.52. The lowest BCUT2D eigenvalue weighted by atomic mass is 9.76. The van der Waals surface area contributed by atoms with Gasteiger partial charge in [0.2, 0.25) is 0 Å². The largest absolute Gasteiger partial charge is 0.315 e. The molecule has 2 nitrogen and oxygen atoms in total. The molecule has 1 aliphatic carbocycles. The molecule has 1 aromatic rings. The van der Waals surface area contributed by atoms with E-state index in [1.165, 1.54) is 0 Å². The smallest absolute Gasteiger partial charge is 0.157 e. The molecule has 0 amide bonds. The molecule has 0 heterocycles. The molecule has 2 rings (SSSR count). The molecule has 1 saturated carbocycles. The van der Waals surface area contributed by atoms with E-state index < -0.39 is 24.1 Å². The maximum absolute atomic E-state index is 12.3. The van der Waals surface area contributed by atoms with Gasteiger partial charge in [0, 0.05) is 16.9 Å². The van der Waals surface area contributed by atoms with E-state index in [2.05, 4.69) is 0 Å². The van der Waals surface area contributed by atoms with Crippen LogP contribution in [-0.4, -0.2) is 5.78 Å². The molecule has 0 spiro atoms. The first-order valence-corrected chi connectivity index (χ1v) is 5.09. The van der Waals surface area contributed by atoms with Crippen molar-refractivity contribution in [2.75, 3.05) is 0 Å². The Hall–Kier alpha value is -0.860. The van der Waals surface area contributed by atoms with Crippen LogP contribution in [-0.2, 0) is 10.3 Å². The quantitative estimate of drug-likeness (QED) is 0.802. The number of nitrogens with two attached hydrogens (primary N) is 1. The highest BCUT2D eigenvalue weighted by Gasteiger charge is 2.38. The minimum atomic E-state index is -2.63. The van der Waals surface area contributed by atoms with Crippen LogP contribution in [0.3, 0.4) is 0 Å². The third kappa shape index (κ3) is 1.80. The Bertz CT molecular complexity index is 534. The normalized spacial score (nSPS) is 37.3. The summed E-state index contributed by atoms with van der Waals surface area (Å²) >= 11 is 6.03. The van der Waals surface area contributed by atoms with Crippen LogP contribution >= 0.6 is 11.6 Å². The third-order valence-corrected chi connectivity index (χ3v) is 2.94. The average molecular weight is 228 g/mol. The topological polar surface area (TPSA) is 43.1 Å². The van der Waals surface area contributed by atoms with Crippen LogP contribution in [0.1, 0.15) is 36.6 Å². The third-order valence-electron chi connectivity index (χ3n) is 2.61. The molecule has 1 aromatic carbocycles. The number of carbonyl (C=O) groups is 1. The maximum atomic E-state index is 12.3. The van der Waals surface area contributed by atoms with Gasteiger partial charge < -0.3 is 5.73 Å². The fraction of sp³-hybridized carbons (Fsp3) is 0.417. The highest BCUT2D eigenvalue weighted by molar-refractivity contribution is 6.31. The number of hydrogen-bond donors (Lipinski definition) is 1. The van der Waals surface area contributed by atoms with Gasteiger partial charge in [-0.2, -0.15) is 0 Å². The molecule has 80 valence electrons. The lowest BCUT2D eigenvalue weighted by Crippen LogP contribution is -2.47. The first kappa shape index (κ1) is 6.66. The lowest BCUT2D eigenvalue weighted by Gasteiger charge is -2.32. The standard InChI is InChI=1S/C12H14ClNO/c13-10-6-2-1-5-9(10)12(14)8-4-3-7-11(12)15/h1-2,5-6H,3-4,7-8,14H2/i3D2,7D2. The van der Waals surface area contributed by atoms with Gasteiger partial charge in [-0.15, -0.1) is 0 Å². The SMILES string of the molecule is [2H]C1([2H])CCC(N)(c2ccccc2Cl)C(=O)C1([2H])[2H]. The average Bonchev–Trinajstić information content (AvgIpc) is 2.34. The molecule has 1 unspecified atom stereocenters. The molecular weight excluding hydrogens is 210 g/mol. The molecular formula is C12H14ClNO. The Balaban J connectivity index is 2.53. The summed E-state index contributed by atoms with van der Waals surface area (Å²) in [6.07, 6.45) is -4.94. The van der Waals surface area contributed by atoms with E-state index in [0.29, 0.717) is 5.56 Å². The number of hydrogen-bond acceptors (Lipinski definition) is 2. The van der Waals surface area contributed by atoms with E-state index in [1.807, 2.05) is 0 Å². The second-order valence-corrected chi connectivity index (χ2v) is 3.99. The first-order valence-electron chi connectivity index (χ1n) is 6.72. The van der Waals surface area contributed by atoms with E-state index in [9.17, 15) is 4.79 Å². The van der Waals surface area contributed by atoms with E-state index in [0.717, 1.165) is 0 Å². The summed E-state index contributed by atoms with van der Waals surface area (Å²) in [4.78, 5) is 12.3. The zero-order chi connectivity index (χ0) is 14.5. The summed E-state index contributed by atoms with van der Waals surface area (Å²) < 4.78 is 30.7. The van der Waals surface area contributed by atoms with Gasteiger partial charge in [-0.05, 0) is 24.4 Å². The van der Waals surface area contributed by atoms with Crippen LogP contribution in [0, 0.1) is 0 Å². The Morgan fingerprint density at radius 3 is 2.93 bits per heavy atom. The summed E-state index contributed by atoms with van der Waals surface area (Å²) in [5, 5.41) is 0.289. The van der Waals surface area contributed by atoms with Crippen molar-refractivity contribution in [2.24, 2.45) is 5.73 Å². The molecule has 0 saturated heterocycles.